The van der Waals surface area contributed by atoms with E-state index in [9.17, 15) is 18.0 Å². The van der Waals surface area contributed by atoms with Gasteiger partial charge in [-0.25, -0.2) is 8.42 Å². The molecule has 0 spiro atoms. The smallest absolute Gasteiger partial charge is 0.244 e. The summed E-state index contributed by atoms with van der Waals surface area (Å²) in [5, 5.41) is 3.37. The SMILES string of the molecule is CCOc1ccc(N(CC(=O)N(Cc2cccc(Cl)c2)C(C)C(=O)NC(C)(C)C)S(C)(=O)=O)cc1. The molecule has 0 radical (unpaired) electrons. The van der Waals surface area contributed by atoms with Gasteiger partial charge in [0.25, 0.3) is 0 Å². The van der Waals surface area contributed by atoms with E-state index in [1.807, 2.05) is 27.7 Å². The van der Waals surface area contributed by atoms with Crippen molar-refractivity contribution in [2.75, 3.05) is 23.7 Å². The minimum Gasteiger partial charge on any atom is -0.494 e. The number of sulfonamides is 1. The second-order valence-electron chi connectivity index (χ2n) is 9.26. The van der Waals surface area contributed by atoms with Crippen LogP contribution in [0.15, 0.2) is 48.5 Å². The first kappa shape index (κ1) is 28.5. The summed E-state index contributed by atoms with van der Waals surface area (Å²) in [6.45, 7) is 9.08. The number of amides is 2. The standard InChI is InChI=1S/C25H34ClN3O5S/c1-7-34-22-13-11-21(12-14-22)29(35(6,32)33)17-23(30)28(16-19-9-8-10-20(26)15-19)18(2)24(31)27-25(3,4)5/h8-15,18H,7,16-17H2,1-6H3,(H,27,31). The van der Waals surface area contributed by atoms with E-state index < -0.39 is 34.1 Å². The van der Waals surface area contributed by atoms with Crippen LogP contribution in [-0.2, 0) is 26.2 Å². The van der Waals surface area contributed by atoms with E-state index in [0.29, 0.717) is 28.6 Å². The number of anilines is 1. The van der Waals surface area contributed by atoms with E-state index in [1.54, 1.807) is 55.5 Å². The molecule has 2 aromatic rings. The van der Waals surface area contributed by atoms with Crippen LogP contribution in [0.4, 0.5) is 5.69 Å². The van der Waals surface area contributed by atoms with Gasteiger partial charge < -0.3 is 15.0 Å². The molecule has 2 aromatic carbocycles. The fourth-order valence-electron chi connectivity index (χ4n) is 3.38. The number of nitrogens with zero attached hydrogens (tertiary/aromatic N) is 2. The van der Waals surface area contributed by atoms with Gasteiger partial charge in [-0.3, -0.25) is 13.9 Å². The quantitative estimate of drug-likeness (QED) is 0.510. The molecule has 0 aromatic heterocycles. The maximum atomic E-state index is 13.5. The van der Waals surface area contributed by atoms with Crippen molar-refractivity contribution in [3.05, 3.63) is 59.1 Å². The summed E-state index contributed by atoms with van der Waals surface area (Å²) in [5.74, 6) is -0.285. The van der Waals surface area contributed by atoms with Crippen molar-refractivity contribution >= 4 is 39.1 Å². The number of rotatable bonds is 10. The number of carbonyl (C=O) groups is 2. The van der Waals surface area contributed by atoms with Crippen LogP contribution < -0.4 is 14.4 Å². The Hall–Kier alpha value is -2.78. The highest BCUT2D eigenvalue weighted by Gasteiger charge is 2.31. The molecule has 0 aliphatic carbocycles. The Labute approximate surface area is 213 Å². The first-order valence-corrected chi connectivity index (χ1v) is 13.5. The van der Waals surface area contributed by atoms with Crippen LogP contribution in [0.3, 0.4) is 0 Å². The fraction of sp³-hybridized carbons (Fsp3) is 0.440. The van der Waals surface area contributed by atoms with Gasteiger partial charge in [-0.15, -0.1) is 0 Å². The lowest BCUT2D eigenvalue weighted by molar-refractivity contribution is -0.140. The zero-order chi connectivity index (χ0) is 26.4. The molecule has 0 saturated carbocycles. The lowest BCUT2D eigenvalue weighted by atomic mass is 10.1. The lowest BCUT2D eigenvalue weighted by Gasteiger charge is -2.33. The summed E-state index contributed by atoms with van der Waals surface area (Å²) in [5.41, 5.74) is 0.532. The summed E-state index contributed by atoms with van der Waals surface area (Å²) in [7, 11) is -3.80. The van der Waals surface area contributed by atoms with E-state index in [4.69, 9.17) is 16.3 Å². The molecular weight excluding hydrogens is 490 g/mol. The predicted molar refractivity (Wildman–Crippen MR) is 139 cm³/mol. The van der Waals surface area contributed by atoms with Crippen molar-refractivity contribution < 1.29 is 22.7 Å². The predicted octanol–water partition coefficient (Wildman–Crippen LogP) is 3.84. The zero-order valence-corrected chi connectivity index (χ0v) is 22.6. The third-order valence-electron chi connectivity index (χ3n) is 5.02. The highest BCUT2D eigenvalue weighted by molar-refractivity contribution is 7.92. The van der Waals surface area contributed by atoms with Crippen LogP contribution in [-0.4, -0.2) is 56.1 Å². The molecule has 1 atom stereocenters. The summed E-state index contributed by atoms with van der Waals surface area (Å²) in [6.07, 6.45) is 1.04. The first-order valence-electron chi connectivity index (χ1n) is 11.3. The van der Waals surface area contributed by atoms with Gasteiger partial charge in [0.05, 0.1) is 18.6 Å². The molecule has 0 fully saturated rings. The molecule has 0 bridgehead atoms. The Morgan fingerprint density at radius 1 is 1.11 bits per heavy atom. The summed E-state index contributed by atoms with van der Waals surface area (Å²) in [6, 6.07) is 12.6. The maximum absolute atomic E-state index is 13.5. The largest absolute Gasteiger partial charge is 0.494 e. The molecule has 1 unspecified atom stereocenters. The molecule has 2 rings (SSSR count). The first-order chi connectivity index (χ1) is 16.2. The van der Waals surface area contributed by atoms with Gasteiger partial charge in [0.2, 0.25) is 21.8 Å². The lowest BCUT2D eigenvalue weighted by Crippen LogP contribution is -2.54. The van der Waals surface area contributed by atoms with Crippen LogP contribution in [0.2, 0.25) is 5.02 Å². The van der Waals surface area contributed by atoms with Crippen molar-refractivity contribution in [1.82, 2.24) is 10.2 Å². The average Bonchev–Trinajstić information content (AvgIpc) is 2.74. The molecule has 192 valence electrons. The molecule has 0 saturated heterocycles. The number of carbonyl (C=O) groups excluding carboxylic acids is 2. The van der Waals surface area contributed by atoms with E-state index >= 15 is 0 Å². The van der Waals surface area contributed by atoms with Gasteiger partial charge in [-0.05, 0) is 76.6 Å². The van der Waals surface area contributed by atoms with Crippen LogP contribution in [0.25, 0.3) is 0 Å². The number of hydrogen-bond donors (Lipinski definition) is 1. The normalized spacial score (nSPS) is 12.5. The van der Waals surface area contributed by atoms with Gasteiger partial charge in [-0.1, -0.05) is 23.7 Å². The van der Waals surface area contributed by atoms with E-state index in [-0.39, 0.29) is 12.5 Å². The van der Waals surface area contributed by atoms with Crippen molar-refractivity contribution in [2.24, 2.45) is 0 Å². The Morgan fingerprint density at radius 2 is 1.74 bits per heavy atom. The van der Waals surface area contributed by atoms with Gasteiger partial charge in [-0.2, -0.15) is 0 Å². The monoisotopic (exact) mass is 523 g/mol. The Balaban J connectivity index is 2.38. The molecule has 35 heavy (non-hydrogen) atoms. The van der Waals surface area contributed by atoms with E-state index in [0.717, 1.165) is 10.6 Å². The number of nitrogens with one attached hydrogen (secondary N) is 1. The molecule has 2 amide bonds. The highest BCUT2D eigenvalue weighted by Crippen LogP contribution is 2.23. The second kappa shape index (κ2) is 11.8. The second-order valence-corrected chi connectivity index (χ2v) is 11.6. The fourth-order valence-corrected chi connectivity index (χ4v) is 4.44. The summed E-state index contributed by atoms with van der Waals surface area (Å²) in [4.78, 5) is 27.8. The van der Waals surface area contributed by atoms with Gasteiger partial charge in [0.1, 0.15) is 18.3 Å². The Kier molecular flexibility index (Phi) is 9.57. The summed E-state index contributed by atoms with van der Waals surface area (Å²) >= 11 is 6.12. The molecule has 0 heterocycles. The number of benzene rings is 2. The van der Waals surface area contributed by atoms with Gasteiger partial charge in [0, 0.05) is 17.1 Å². The number of halogens is 1. The van der Waals surface area contributed by atoms with Crippen molar-refractivity contribution in [2.45, 2.75) is 52.7 Å². The highest BCUT2D eigenvalue weighted by atomic mass is 35.5. The molecular formula is C25H34ClN3O5S. The van der Waals surface area contributed by atoms with Crippen molar-refractivity contribution in [3.63, 3.8) is 0 Å². The van der Waals surface area contributed by atoms with E-state index in [1.165, 1.54) is 4.90 Å². The molecule has 1 N–H and O–H groups in total. The van der Waals surface area contributed by atoms with Crippen LogP contribution >= 0.6 is 11.6 Å². The third kappa shape index (κ3) is 8.74. The van der Waals surface area contributed by atoms with E-state index in [2.05, 4.69) is 5.32 Å². The van der Waals surface area contributed by atoms with Crippen molar-refractivity contribution in [3.8, 4) is 5.75 Å². The van der Waals surface area contributed by atoms with Gasteiger partial charge >= 0.3 is 0 Å². The van der Waals surface area contributed by atoms with Crippen LogP contribution in [0.1, 0.15) is 40.2 Å². The molecule has 8 nitrogen and oxygen atoms in total. The third-order valence-corrected chi connectivity index (χ3v) is 6.40. The minimum absolute atomic E-state index is 0.0823. The zero-order valence-electron chi connectivity index (χ0n) is 21.0. The molecule has 0 aliphatic heterocycles. The topological polar surface area (TPSA) is 96.0 Å². The number of hydrogen-bond acceptors (Lipinski definition) is 5. The molecule has 0 aliphatic rings. The Morgan fingerprint density at radius 3 is 2.26 bits per heavy atom. The number of ether oxygens (including phenoxy) is 1. The minimum atomic E-state index is -3.80. The van der Waals surface area contributed by atoms with Crippen molar-refractivity contribution in [1.29, 1.82) is 0 Å². The molecule has 10 heteroatoms. The van der Waals surface area contributed by atoms with Gasteiger partial charge in [0.15, 0.2) is 0 Å². The van der Waals surface area contributed by atoms with Crippen LogP contribution in [0.5, 0.6) is 5.75 Å². The summed E-state index contributed by atoms with van der Waals surface area (Å²) < 4.78 is 31.7. The van der Waals surface area contributed by atoms with Crippen LogP contribution in [0, 0.1) is 0 Å². The average molecular weight is 524 g/mol. The Bertz CT molecular complexity index is 1130. The maximum Gasteiger partial charge on any atom is 0.244 e.